The fourth-order valence-electron chi connectivity index (χ4n) is 2.06. The molecule has 0 saturated carbocycles. The maximum Gasteiger partial charge on any atom is 0.237 e. The minimum absolute atomic E-state index is 0.194. The van der Waals surface area contributed by atoms with Crippen molar-refractivity contribution in [3.8, 4) is 11.4 Å². The van der Waals surface area contributed by atoms with Gasteiger partial charge in [0.2, 0.25) is 11.1 Å². The number of aromatic nitrogens is 3. The number of nitrogens with zero attached hydrogens (tertiary/aromatic N) is 2. The number of aromatic amines is 1. The molecule has 2 aromatic carbocycles. The van der Waals surface area contributed by atoms with Crippen LogP contribution in [0.3, 0.4) is 0 Å². The zero-order valence-electron chi connectivity index (χ0n) is 13.2. The molecule has 8 heteroatoms. The summed E-state index contributed by atoms with van der Waals surface area (Å²) in [4.78, 5) is 16.8. The number of hydrogen-bond acceptors (Lipinski definition) is 4. The fourth-order valence-corrected chi connectivity index (χ4v) is 3.24. The molecule has 25 heavy (non-hydrogen) atoms. The van der Waals surface area contributed by atoms with Gasteiger partial charge in [-0.25, -0.2) is 4.98 Å². The molecule has 1 heterocycles. The average molecular weight is 393 g/mol. The highest BCUT2D eigenvalue weighted by atomic mass is 35.5. The summed E-state index contributed by atoms with van der Waals surface area (Å²) in [5, 5.41) is 10.8. The van der Waals surface area contributed by atoms with Crippen molar-refractivity contribution in [2.75, 3.05) is 5.32 Å². The molecule has 1 atom stereocenters. The first-order chi connectivity index (χ1) is 12.0. The Labute approximate surface area is 159 Å². The van der Waals surface area contributed by atoms with Crippen LogP contribution < -0.4 is 5.32 Å². The van der Waals surface area contributed by atoms with Crippen LogP contribution in [0.5, 0.6) is 0 Å². The molecule has 1 aromatic heterocycles. The fraction of sp³-hybridized carbons (Fsp3) is 0.118. The molecular weight excluding hydrogens is 379 g/mol. The van der Waals surface area contributed by atoms with E-state index in [9.17, 15) is 4.79 Å². The predicted molar refractivity (Wildman–Crippen MR) is 102 cm³/mol. The number of H-pyrrole nitrogens is 1. The van der Waals surface area contributed by atoms with Crippen molar-refractivity contribution in [3.05, 3.63) is 58.6 Å². The third-order valence-corrected chi connectivity index (χ3v) is 4.86. The third kappa shape index (κ3) is 4.54. The number of halogens is 2. The summed E-state index contributed by atoms with van der Waals surface area (Å²) in [6.07, 6.45) is 0. The molecule has 0 saturated heterocycles. The zero-order valence-corrected chi connectivity index (χ0v) is 15.5. The number of carbonyl (C=O) groups is 1. The van der Waals surface area contributed by atoms with Gasteiger partial charge in [0, 0.05) is 10.6 Å². The number of benzene rings is 2. The summed E-state index contributed by atoms with van der Waals surface area (Å²) in [6.45, 7) is 1.78. The highest BCUT2D eigenvalue weighted by molar-refractivity contribution is 8.00. The smallest absolute Gasteiger partial charge is 0.237 e. The Balaban J connectivity index is 1.65. The van der Waals surface area contributed by atoms with Gasteiger partial charge in [-0.2, -0.15) is 0 Å². The van der Waals surface area contributed by atoms with Crippen LogP contribution in [0.2, 0.25) is 10.0 Å². The van der Waals surface area contributed by atoms with Gasteiger partial charge in [-0.1, -0.05) is 65.3 Å². The lowest BCUT2D eigenvalue weighted by Crippen LogP contribution is -2.22. The minimum Gasteiger partial charge on any atom is -0.324 e. The number of anilines is 1. The Morgan fingerprint density at radius 2 is 1.96 bits per heavy atom. The van der Waals surface area contributed by atoms with Crippen molar-refractivity contribution in [3.63, 3.8) is 0 Å². The van der Waals surface area contributed by atoms with Gasteiger partial charge >= 0.3 is 0 Å². The molecule has 1 amide bonds. The van der Waals surface area contributed by atoms with Crippen molar-refractivity contribution >= 4 is 46.6 Å². The summed E-state index contributed by atoms with van der Waals surface area (Å²) < 4.78 is 0. The lowest BCUT2D eigenvalue weighted by atomic mass is 10.2. The summed E-state index contributed by atoms with van der Waals surface area (Å²) in [5.74, 6) is 0.469. The third-order valence-electron chi connectivity index (χ3n) is 3.35. The van der Waals surface area contributed by atoms with Gasteiger partial charge in [0.15, 0.2) is 5.82 Å². The Hall–Kier alpha value is -2.02. The molecule has 0 aliphatic rings. The molecule has 5 nitrogen and oxygen atoms in total. The number of nitrogens with one attached hydrogen (secondary N) is 2. The quantitative estimate of drug-likeness (QED) is 0.605. The molecule has 0 fully saturated rings. The summed E-state index contributed by atoms with van der Waals surface area (Å²) in [6, 6.07) is 14.6. The molecule has 128 valence electrons. The van der Waals surface area contributed by atoms with E-state index in [-0.39, 0.29) is 5.91 Å². The van der Waals surface area contributed by atoms with E-state index in [1.54, 1.807) is 25.1 Å². The summed E-state index contributed by atoms with van der Waals surface area (Å²) in [7, 11) is 0. The molecule has 0 aliphatic heterocycles. The molecule has 0 radical (unpaired) electrons. The largest absolute Gasteiger partial charge is 0.324 e. The normalized spacial score (nSPS) is 12.0. The van der Waals surface area contributed by atoms with E-state index in [4.69, 9.17) is 23.2 Å². The van der Waals surface area contributed by atoms with E-state index >= 15 is 0 Å². The van der Waals surface area contributed by atoms with Gasteiger partial charge in [0.25, 0.3) is 0 Å². The average Bonchev–Trinajstić information content (AvgIpc) is 3.06. The first-order valence-electron chi connectivity index (χ1n) is 7.43. The van der Waals surface area contributed by atoms with Gasteiger partial charge in [-0.15, -0.1) is 5.10 Å². The second-order valence-electron chi connectivity index (χ2n) is 5.21. The molecule has 2 N–H and O–H groups in total. The van der Waals surface area contributed by atoms with Crippen molar-refractivity contribution < 1.29 is 4.79 Å². The summed E-state index contributed by atoms with van der Waals surface area (Å²) in [5.41, 5.74) is 1.45. The van der Waals surface area contributed by atoms with Gasteiger partial charge in [0.1, 0.15) is 0 Å². The highest BCUT2D eigenvalue weighted by Gasteiger charge is 2.18. The Morgan fingerprint density at radius 1 is 1.20 bits per heavy atom. The van der Waals surface area contributed by atoms with Crippen LogP contribution in [0, 0.1) is 0 Å². The maximum absolute atomic E-state index is 12.3. The van der Waals surface area contributed by atoms with E-state index in [2.05, 4.69) is 20.5 Å². The van der Waals surface area contributed by atoms with Crippen molar-refractivity contribution in [1.29, 1.82) is 0 Å². The number of carbonyl (C=O) groups excluding carboxylic acids is 1. The van der Waals surface area contributed by atoms with E-state index in [1.165, 1.54) is 11.8 Å². The Kier molecular flexibility index (Phi) is 5.63. The molecule has 0 aliphatic carbocycles. The Bertz CT molecular complexity index is 885. The van der Waals surface area contributed by atoms with Crippen LogP contribution in [0.15, 0.2) is 53.7 Å². The topological polar surface area (TPSA) is 70.7 Å². The first-order valence-corrected chi connectivity index (χ1v) is 9.07. The van der Waals surface area contributed by atoms with E-state index in [1.807, 2.05) is 30.3 Å². The molecule has 0 bridgehead atoms. The minimum atomic E-state index is -0.397. The van der Waals surface area contributed by atoms with Crippen LogP contribution in [0.4, 0.5) is 5.69 Å². The lowest BCUT2D eigenvalue weighted by Gasteiger charge is -2.11. The molecule has 3 aromatic rings. The van der Waals surface area contributed by atoms with Crippen LogP contribution in [-0.4, -0.2) is 26.3 Å². The van der Waals surface area contributed by atoms with E-state index in [0.29, 0.717) is 26.7 Å². The molecule has 0 unspecified atom stereocenters. The lowest BCUT2D eigenvalue weighted by molar-refractivity contribution is -0.115. The van der Waals surface area contributed by atoms with E-state index < -0.39 is 5.25 Å². The number of amides is 1. The predicted octanol–water partition coefficient (Wildman–Crippen LogP) is 4.90. The van der Waals surface area contributed by atoms with Gasteiger partial charge in [-0.05, 0) is 25.1 Å². The second kappa shape index (κ2) is 7.91. The summed E-state index contributed by atoms with van der Waals surface area (Å²) >= 11 is 13.2. The monoisotopic (exact) mass is 392 g/mol. The number of thioether (sulfide) groups is 1. The van der Waals surface area contributed by atoms with Crippen molar-refractivity contribution in [1.82, 2.24) is 15.2 Å². The van der Waals surface area contributed by atoms with Crippen molar-refractivity contribution in [2.24, 2.45) is 0 Å². The van der Waals surface area contributed by atoms with Gasteiger partial charge in [-0.3, -0.25) is 9.89 Å². The Morgan fingerprint density at radius 3 is 2.68 bits per heavy atom. The van der Waals surface area contributed by atoms with Crippen LogP contribution in [-0.2, 0) is 4.79 Å². The second-order valence-corrected chi connectivity index (χ2v) is 7.36. The van der Waals surface area contributed by atoms with Crippen LogP contribution >= 0.6 is 35.0 Å². The zero-order chi connectivity index (χ0) is 17.8. The maximum atomic E-state index is 12.3. The van der Waals surface area contributed by atoms with Crippen LogP contribution in [0.25, 0.3) is 11.4 Å². The number of rotatable bonds is 5. The van der Waals surface area contributed by atoms with Gasteiger partial charge in [0.05, 0.1) is 16.0 Å². The van der Waals surface area contributed by atoms with Crippen molar-refractivity contribution in [2.45, 2.75) is 17.3 Å². The first kappa shape index (κ1) is 17.8. The molecule has 3 rings (SSSR count). The van der Waals surface area contributed by atoms with Gasteiger partial charge < -0.3 is 5.32 Å². The SMILES string of the molecule is C[C@H](Sc1n[nH]c(-c2ccccc2)n1)C(=O)Nc1ccc(Cl)cc1Cl. The van der Waals surface area contributed by atoms with E-state index in [0.717, 1.165) is 5.56 Å². The number of hydrogen-bond donors (Lipinski definition) is 2. The molecule has 0 spiro atoms. The molecular formula is C17H14Cl2N4OS. The van der Waals surface area contributed by atoms with Crippen LogP contribution in [0.1, 0.15) is 6.92 Å². The highest BCUT2D eigenvalue weighted by Crippen LogP contribution is 2.27. The standard InChI is InChI=1S/C17H14Cl2N4OS/c1-10(16(24)20-14-8-7-12(18)9-13(14)19)25-17-21-15(22-23-17)11-5-3-2-4-6-11/h2-10H,1H3,(H,20,24)(H,21,22,23)/t10-/m0/s1.